The minimum atomic E-state index is -0.547. The number of halogens is 2. The molecule has 1 aromatic rings. The number of thioether (sulfide) groups is 1. The van der Waals surface area contributed by atoms with Crippen molar-refractivity contribution in [3.8, 4) is 0 Å². The van der Waals surface area contributed by atoms with Crippen LogP contribution in [-0.2, 0) is 6.42 Å². The smallest absolute Gasteiger partial charge is 0.191 e. The lowest BCUT2D eigenvalue weighted by Crippen LogP contribution is -2.44. The lowest BCUT2D eigenvalue weighted by molar-refractivity contribution is 0.569. The Hall–Kier alpha value is -1.30. The SMILES string of the molecule is CN=C(NCCc1ccc(F)cc1F)NCC1(C)CCCS1. The third-order valence-corrected chi connectivity index (χ3v) is 5.39. The maximum atomic E-state index is 13.5. The van der Waals surface area contributed by atoms with Gasteiger partial charge < -0.3 is 10.6 Å². The summed E-state index contributed by atoms with van der Waals surface area (Å²) in [5.41, 5.74) is 0.502. The van der Waals surface area contributed by atoms with Crippen molar-refractivity contribution in [1.29, 1.82) is 0 Å². The summed E-state index contributed by atoms with van der Waals surface area (Å²) in [5, 5.41) is 6.50. The first-order valence-corrected chi connectivity index (χ1v) is 8.53. The topological polar surface area (TPSA) is 36.4 Å². The van der Waals surface area contributed by atoms with Crippen LogP contribution in [0, 0.1) is 11.6 Å². The zero-order valence-electron chi connectivity index (χ0n) is 13.1. The molecule has 122 valence electrons. The molecule has 2 N–H and O–H groups in total. The van der Waals surface area contributed by atoms with Crippen LogP contribution in [0.25, 0.3) is 0 Å². The second-order valence-corrected chi connectivity index (χ2v) is 7.42. The zero-order chi connectivity index (χ0) is 16.0. The Morgan fingerprint density at radius 1 is 1.36 bits per heavy atom. The molecule has 1 aliphatic rings. The summed E-state index contributed by atoms with van der Waals surface area (Å²) >= 11 is 1.99. The Labute approximate surface area is 135 Å². The van der Waals surface area contributed by atoms with E-state index in [-0.39, 0.29) is 4.75 Å². The van der Waals surface area contributed by atoms with E-state index in [1.807, 2.05) is 11.8 Å². The average molecular weight is 327 g/mol. The molecule has 1 unspecified atom stereocenters. The average Bonchev–Trinajstić information content (AvgIpc) is 2.92. The quantitative estimate of drug-likeness (QED) is 0.645. The van der Waals surface area contributed by atoms with Gasteiger partial charge in [0.2, 0.25) is 0 Å². The van der Waals surface area contributed by atoms with E-state index in [0.29, 0.717) is 18.5 Å². The number of nitrogens with one attached hydrogen (secondary N) is 2. The molecule has 1 aliphatic heterocycles. The van der Waals surface area contributed by atoms with E-state index < -0.39 is 11.6 Å². The molecule has 0 aliphatic carbocycles. The van der Waals surface area contributed by atoms with Crippen LogP contribution in [0.4, 0.5) is 8.78 Å². The number of aliphatic imine (C=N–C) groups is 1. The van der Waals surface area contributed by atoms with E-state index in [2.05, 4.69) is 22.5 Å². The first-order chi connectivity index (χ1) is 10.5. The van der Waals surface area contributed by atoms with Gasteiger partial charge in [0.05, 0.1) is 0 Å². The number of guanidine groups is 1. The standard InChI is InChI=1S/C16H23F2N3S/c1-16(7-3-9-22-16)11-21-15(19-2)20-8-6-12-4-5-13(17)10-14(12)18/h4-5,10H,3,6-9,11H2,1-2H3,(H2,19,20,21). The van der Waals surface area contributed by atoms with Crippen molar-refractivity contribution >= 4 is 17.7 Å². The largest absolute Gasteiger partial charge is 0.356 e. The molecule has 1 saturated heterocycles. The van der Waals surface area contributed by atoms with Crippen molar-refractivity contribution in [3.63, 3.8) is 0 Å². The van der Waals surface area contributed by atoms with Gasteiger partial charge in [0, 0.05) is 31.0 Å². The van der Waals surface area contributed by atoms with Gasteiger partial charge in [-0.3, -0.25) is 4.99 Å². The van der Waals surface area contributed by atoms with Crippen LogP contribution in [0.15, 0.2) is 23.2 Å². The highest BCUT2D eigenvalue weighted by Crippen LogP contribution is 2.36. The van der Waals surface area contributed by atoms with E-state index in [4.69, 9.17) is 0 Å². The Bertz CT molecular complexity index is 528. The number of nitrogens with zero attached hydrogens (tertiary/aromatic N) is 1. The Morgan fingerprint density at radius 3 is 2.82 bits per heavy atom. The number of benzene rings is 1. The number of hydrogen-bond donors (Lipinski definition) is 2. The summed E-state index contributed by atoms with van der Waals surface area (Å²) in [6, 6.07) is 3.68. The summed E-state index contributed by atoms with van der Waals surface area (Å²) in [7, 11) is 1.72. The lowest BCUT2D eigenvalue weighted by atomic mass is 10.1. The van der Waals surface area contributed by atoms with E-state index in [1.165, 1.54) is 30.7 Å². The fourth-order valence-corrected chi connectivity index (χ4v) is 3.75. The van der Waals surface area contributed by atoms with Gasteiger partial charge in [-0.2, -0.15) is 11.8 Å². The van der Waals surface area contributed by atoms with Gasteiger partial charge in [-0.25, -0.2) is 8.78 Å². The van der Waals surface area contributed by atoms with Crippen molar-refractivity contribution in [3.05, 3.63) is 35.4 Å². The predicted molar refractivity (Wildman–Crippen MR) is 89.5 cm³/mol. The molecule has 0 bridgehead atoms. The summed E-state index contributed by atoms with van der Waals surface area (Å²) in [4.78, 5) is 4.18. The second-order valence-electron chi connectivity index (χ2n) is 5.74. The van der Waals surface area contributed by atoms with Crippen LogP contribution in [0.1, 0.15) is 25.3 Å². The van der Waals surface area contributed by atoms with Gasteiger partial charge in [0.1, 0.15) is 11.6 Å². The van der Waals surface area contributed by atoms with Crippen LogP contribution in [-0.4, -0.2) is 36.6 Å². The third kappa shape index (κ3) is 4.87. The van der Waals surface area contributed by atoms with Gasteiger partial charge in [0.25, 0.3) is 0 Å². The van der Waals surface area contributed by atoms with E-state index in [1.54, 1.807) is 7.05 Å². The maximum absolute atomic E-state index is 13.5. The van der Waals surface area contributed by atoms with Crippen molar-refractivity contribution in [1.82, 2.24) is 10.6 Å². The molecule has 0 amide bonds. The summed E-state index contributed by atoms with van der Waals surface area (Å²) < 4.78 is 26.7. The first-order valence-electron chi connectivity index (χ1n) is 7.55. The Kier molecular flexibility index (Phi) is 6.06. The molecule has 1 atom stereocenters. The molecule has 0 spiro atoms. The molecule has 0 saturated carbocycles. The Balaban J connectivity index is 1.76. The van der Waals surface area contributed by atoms with Crippen LogP contribution in [0.5, 0.6) is 0 Å². The van der Waals surface area contributed by atoms with Crippen LogP contribution in [0.2, 0.25) is 0 Å². The van der Waals surface area contributed by atoms with Gasteiger partial charge in [-0.15, -0.1) is 0 Å². The summed E-state index contributed by atoms with van der Waals surface area (Å²) in [5.74, 6) is 0.887. The first kappa shape index (κ1) is 17.1. The summed E-state index contributed by atoms with van der Waals surface area (Å²) in [6.45, 7) is 3.67. The molecule has 0 radical (unpaired) electrons. The fourth-order valence-electron chi connectivity index (χ4n) is 2.51. The molecule has 1 aromatic carbocycles. The zero-order valence-corrected chi connectivity index (χ0v) is 13.9. The van der Waals surface area contributed by atoms with Gasteiger partial charge in [-0.1, -0.05) is 6.07 Å². The molecule has 22 heavy (non-hydrogen) atoms. The molecule has 0 aromatic heterocycles. The predicted octanol–water partition coefficient (Wildman–Crippen LogP) is 2.96. The molecule has 1 heterocycles. The highest BCUT2D eigenvalue weighted by Gasteiger charge is 2.29. The van der Waals surface area contributed by atoms with Crippen molar-refractivity contribution in [2.45, 2.75) is 30.9 Å². The van der Waals surface area contributed by atoms with Crippen LogP contribution >= 0.6 is 11.8 Å². The third-order valence-electron chi connectivity index (χ3n) is 3.86. The van der Waals surface area contributed by atoms with Gasteiger partial charge in [-0.05, 0) is 43.6 Å². The lowest BCUT2D eigenvalue weighted by Gasteiger charge is -2.24. The molecule has 6 heteroatoms. The molecule has 3 nitrogen and oxygen atoms in total. The summed E-state index contributed by atoms with van der Waals surface area (Å²) in [6.07, 6.45) is 2.96. The van der Waals surface area contributed by atoms with E-state index >= 15 is 0 Å². The molecular formula is C16H23F2N3S. The van der Waals surface area contributed by atoms with Crippen molar-refractivity contribution < 1.29 is 8.78 Å². The minimum Gasteiger partial charge on any atom is -0.356 e. The number of rotatable bonds is 5. The monoisotopic (exact) mass is 327 g/mol. The Morgan fingerprint density at radius 2 is 2.18 bits per heavy atom. The van der Waals surface area contributed by atoms with Gasteiger partial charge in [0.15, 0.2) is 5.96 Å². The highest BCUT2D eigenvalue weighted by atomic mass is 32.2. The maximum Gasteiger partial charge on any atom is 0.191 e. The minimum absolute atomic E-state index is 0.265. The van der Waals surface area contributed by atoms with Crippen molar-refractivity contribution in [2.24, 2.45) is 4.99 Å². The molecular weight excluding hydrogens is 304 g/mol. The highest BCUT2D eigenvalue weighted by molar-refractivity contribution is 8.00. The second kappa shape index (κ2) is 7.81. The fraction of sp³-hybridized carbons (Fsp3) is 0.562. The van der Waals surface area contributed by atoms with E-state index in [0.717, 1.165) is 18.6 Å². The normalized spacial score (nSPS) is 21.9. The van der Waals surface area contributed by atoms with Crippen molar-refractivity contribution in [2.75, 3.05) is 25.9 Å². The van der Waals surface area contributed by atoms with Crippen LogP contribution in [0.3, 0.4) is 0 Å². The van der Waals surface area contributed by atoms with Gasteiger partial charge >= 0.3 is 0 Å². The molecule has 2 rings (SSSR count). The van der Waals surface area contributed by atoms with E-state index in [9.17, 15) is 8.78 Å². The number of hydrogen-bond acceptors (Lipinski definition) is 2. The van der Waals surface area contributed by atoms with Crippen LogP contribution < -0.4 is 10.6 Å². The molecule has 1 fully saturated rings.